The van der Waals surface area contributed by atoms with E-state index in [4.69, 9.17) is 0 Å². The lowest BCUT2D eigenvalue weighted by molar-refractivity contribution is 0.702. The summed E-state index contributed by atoms with van der Waals surface area (Å²) in [6, 6.07) is 8.40. The first-order valence-corrected chi connectivity index (χ1v) is 7.80. The quantitative estimate of drug-likeness (QED) is 0.558. The highest BCUT2D eigenvalue weighted by Gasteiger charge is 2.05. The van der Waals surface area contributed by atoms with Crippen LogP contribution in [0.2, 0.25) is 0 Å². The number of rotatable bonds is 1. The SMILES string of the molecule is Cn1/c(=N\N=C2CCCCCC2)sc2ccccc21. The predicted octanol–water partition coefficient (Wildman–Crippen LogP) is 3.85. The average molecular weight is 273 g/mol. The molecule has 0 saturated heterocycles. The molecule has 100 valence electrons. The number of para-hydroxylation sites is 1. The van der Waals surface area contributed by atoms with Gasteiger partial charge in [0.25, 0.3) is 0 Å². The van der Waals surface area contributed by atoms with Crippen LogP contribution in [0.4, 0.5) is 0 Å². The molecule has 0 N–H and O–H groups in total. The lowest BCUT2D eigenvalue weighted by atomic mass is 10.2. The van der Waals surface area contributed by atoms with Crippen LogP contribution in [-0.2, 0) is 7.05 Å². The molecule has 1 aliphatic carbocycles. The van der Waals surface area contributed by atoms with E-state index in [2.05, 4.69) is 46.1 Å². The minimum absolute atomic E-state index is 0.984. The Kier molecular flexibility index (Phi) is 3.78. The molecule has 1 aromatic heterocycles. The summed E-state index contributed by atoms with van der Waals surface area (Å²) in [5.74, 6) is 0. The number of aryl methyl sites for hydroxylation is 1. The van der Waals surface area contributed by atoms with Crippen molar-refractivity contribution < 1.29 is 0 Å². The highest BCUT2D eigenvalue weighted by molar-refractivity contribution is 7.16. The Morgan fingerprint density at radius 2 is 1.74 bits per heavy atom. The van der Waals surface area contributed by atoms with Crippen molar-refractivity contribution in [1.29, 1.82) is 0 Å². The normalized spacial score (nSPS) is 17.7. The van der Waals surface area contributed by atoms with Gasteiger partial charge < -0.3 is 4.57 Å². The Bertz CT molecular complexity index is 653. The van der Waals surface area contributed by atoms with Crippen molar-refractivity contribution in [3.63, 3.8) is 0 Å². The topological polar surface area (TPSA) is 29.6 Å². The van der Waals surface area contributed by atoms with Gasteiger partial charge in [0.05, 0.1) is 10.2 Å². The molecule has 1 saturated carbocycles. The van der Waals surface area contributed by atoms with Gasteiger partial charge in [-0.15, -0.1) is 5.10 Å². The maximum atomic E-state index is 4.50. The zero-order valence-electron chi connectivity index (χ0n) is 11.3. The Morgan fingerprint density at radius 3 is 2.47 bits per heavy atom. The van der Waals surface area contributed by atoms with E-state index in [1.807, 2.05) is 0 Å². The van der Waals surface area contributed by atoms with Crippen LogP contribution in [0.25, 0.3) is 10.2 Å². The molecule has 1 aliphatic rings. The minimum Gasteiger partial charge on any atom is -0.318 e. The van der Waals surface area contributed by atoms with E-state index in [0.717, 1.165) is 17.6 Å². The van der Waals surface area contributed by atoms with E-state index in [1.54, 1.807) is 11.3 Å². The molecule has 0 aliphatic heterocycles. The van der Waals surface area contributed by atoms with Crippen LogP contribution in [0, 0.1) is 0 Å². The standard InChI is InChI=1S/C15H19N3S/c1-18-13-10-6-7-11-14(13)19-15(18)17-16-12-8-4-2-3-5-9-12/h6-7,10-11H,2-5,8-9H2,1H3/b17-15+. The molecule has 1 aromatic carbocycles. The Hall–Kier alpha value is -1.42. The second-order valence-corrected chi connectivity index (χ2v) is 6.10. The molecule has 0 spiro atoms. The van der Waals surface area contributed by atoms with Gasteiger partial charge in [-0.25, -0.2) is 0 Å². The van der Waals surface area contributed by atoms with Gasteiger partial charge in [0.2, 0.25) is 4.80 Å². The van der Waals surface area contributed by atoms with Gasteiger partial charge in [0, 0.05) is 12.8 Å². The number of benzene rings is 1. The number of hydrogen-bond acceptors (Lipinski definition) is 3. The van der Waals surface area contributed by atoms with E-state index in [9.17, 15) is 0 Å². The van der Waals surface area contributed by atoms with Gasteiger partial charge in [0.15, 0.2) is 0 Å². The van der Waals surface area contributed by atoms with Gasteiger partial charge in [-0.3, -0.25) is 0 Å². The van der Waals surface area contributed by atoms with Gasteiger partial charge >= 0.3 is 0 Å². The summed E-state index contributed by atoms with van der Waals surface area (Å²) in [7, 11) is 2.06. The fourth-order valence-corrected chi connectivity index (χ4v) is 3.50. The van der Waals surface area contributed by atoms with E-state index in [1.165, 1.54) is 41.6 Å². The summed E-state index contributed by atoms with van der Waals surface area (Å²) in [5.41, 5.74) is 2.50. The fraction of sp³-hybridized carbons (Fsp3) is 0.467. The fourth-order valence-electron chi connectivity index (χ4n) is 2.53. The molecular weight excluding hydrogens is 254 g/mol. The van der Waals surface area contributed by atoms with Crippen molar-refractivity contribution >= 4 is 27.3 Å². The maximum absolute atomic E-state index is 4.50. The molecule has 0 unspecified atom stereocenters. The van der Waals surface area contributed by atoms with Crippen molar-refractivity contribution in [3.05, 3.63) is 29.1 Å². The first kappa shape index (κ1) is 12.6. The van der Waals surface area contributed by atoms with Crippen LogP contribution < -0.4 is 4.80 Å². The molecule has 1 fully saturated rings. The van der Waals surface area contributed by atoms with Gasteiger partial charge in [-0.1, -0.05) is 36.3 Å². The first-order valence-electron chi connectivity index (χ1n) is 6.98. The summed E-state index contributed by atoms with van der Waals surface area (Å²) in [5, 5.41) is 8.98. The summed E-state index contributed by atoms with van der Waals surface area (Å²) >= 11 is 1.71. The summed E-state index contributed by atoms with van der Waals surface area (Å²) < 4.78 is 3.39. The molecule has 0 amide bonds. The average Bonchev–Trinajstić information content (AvgIpc) is 2.63. The van der Waals surface area contributed by atoms with Gasteiger partial charge in [-0.05, 0) is 37.8 Å². The third-order valence-electron chi connectivity index (χ3n) is 3.67. The second-order valence-electron chi connectivity index (χ2n) is 5.09. The molecule has 19 heavy (non-hydrogen) atoms. The van der Waals surface area contributed by atoms with E-state index in [-0.39, 0.29) is 0 Å². The van der Waals surface area contributed by atoms with E-state index >= 15 is 0 Å². The van der Waals surface area contributed by atoms with Crippen LogP contribution >= 0.6 is 11.3 Å². The Morgan fingerprint density at radius 1 is 1.00 bits per heavy atom. The molecule has 0 radical (unpaired) electrons. The van der Waals surface area contributed by atoms with Crippen molar-refractivity contribution in [2.75, 3.05) is 0 Å². The van der Waals surface area contributed by atoms with Crippen LogP contribution in [0.5, 0.6) is 0 Å². The highest BCUT2D eigenvalue weighted by atomic mass is 32.1. The molecule has 4 heteroatoms. The van der Waals surface area contributed by atoms with Crippen molar-refractivity contribution in [2.24, 2.45) is 17.3 Å². The predicted molar refractivity (Wildman–Crippen MR) is 81.5 cm³/mol. The molecule has 0 bridgehead atoms. The number of aromatic nitrogens is 1. The van der Waals surface area contributed by atoms with Crippen molar-refractivity contribution in [3.8, 4) is 0 Å². The monoisotopic (exact) mass is 273 g/mol. The molecule has 1 heterocycles. The summed E-state index contributed by atoms with van der Waals surface area (Å²) in [4.78, 5) is 0.984. The Balaban J connectivity index is 1.96. The van der Waals surface area contributed by atoms with Crippen molar-refractivity contribution in [1.82, 2.24) is 4.57 Å². The number of thiazole rings is 1. The highest BCUT2D eigenvalue weighted by Crippen LogP contribution is 2.16. The molecular formula is C15H19N3S. The van der Waals surface area contributed by atoms with Gasteiger partial charge in [0.1, 0.15) is 0 Å². The largest absolute Gasteiger partial charge is 0.318 e. The molecule has 3 rings (SSSR count). The lowest BCUT2D eigenvalue weighted by Crippen LogP contribution is -2.09. The zero-order chi connectivity index (χ0) is 13.1. The summed E-state index contributed by atoms with van der Waals surface area (Å²) in [6.45, 7) is 0. The molecule has 3 nitrogen and oxygen atoms in total. The Labute approximate surface area is 117 Å². The van der Waals surface area contributed by atoms with Crippen LogP contribution in [0.15, 0.2) is 34.5 Å². The zero-order valence-corrected chi connectivity index (χ0v) is 12.1. The number of fused-ring (bicyclic) bond motifs is 1. The minimum atomic E-state index is 0.984. The van der Waals surface area contributed by atoms with E-state index < -0.39 is 0 Å². The van der Waals surface area contributed by atoms with Crippen LogP contribution in [0.1, 0.15) is 38.5 Å². The lowest BCUT2D eigenvalue weighted by Gasteiger charge is -1.97. The second kappa shape index (κ2) is 5.70. The third kappa shape index (κ3) is 2.78. The van der Waals surface area contributed by atoms with Crippen molar-refractivity contribution in [2.45, 2.75) is 38.5 Å². The summed E-state index contributed by atoms with van der Waals surface area (Å²) in [6.07, 6.45) is 7.47. The number of hydrogen-bond donors (Lipinski definition) is 0. The van der Waals surface area contributed by atoms with Crippen LogP contribution in [0.3, 0.4) is 0 Å². The molecule has 2 aromatic rings. The van der Waals surface area contributed by atoms with E-state index in [0.29, 0.717) is 0 Å². The third-order valence-corrected chi connectivity index (χ3v) is 4.78. The van der Waals surface area contributed by atoms with Gasteiger partial charge in [-0.2, -0.15) is 5.10 Å². The number of nitrogens with zero attached hydrogens (tertiary/aromatic N) is 3. The first-order chi connectivity index (χ1) is 9.34. The molecule has 0 atom stereocenters. The van der Waals surface area contributed by atoms with Crippen LogP contribution in [-0.4, -0.2) is 10.3 Å². The smallest absolute Gasteiger partial charge is 0.211 e. The maximum Gasteiger partial charge on any atom is 0.211 e.